The van der Waals surface area contributed by atoms with Crippen LogP contribution in [0.2, 0.25) is 5.04 Å². The summed E-state index contributed by atoms with van der Waals surface area (Å²) in [5.74, 6) is 0.643. The number of carbonyl (C=O) groups is 1. The topological polar surface area (TPSA) is 44.8 Å². The van der Waals surface area contributed by atoms with Crippen LogP contribution in [0.5, 0.6) is 0 Å². The van der Waals surface area contributed by atoms with Crippen molar-refractivity contribution in [3.63, 3.8) is 0 Å². The maximum absolute atomic E-state index is 12.1. The number of hydrogen-bond donors (Lipinski definition) is 0. The van der Waals surface area contributed by atoms with Gasteiger partial charge in [-0.05, 0) is 79.6 Å². The minimum Gasteiger partial charge on any atom is -0.463 e. The van der Waals surface area contributed by atoms with Crippen LogP contribution in [0.15, 0.2) is 72.3 Å². The highest BCUT2D eigenvalue weighted by atomic mass is 28.4. The molecule has 1 saturated heterocycles. The van der Waals surface area contributed by atoms with Gasteiger partial charge in [0.25, 0.3) is 8.32 Å². The predicted molar refractivity (Wildman–Crippen MR) is 167 cm³/mol. The maximum atomic E-state index is 12.1. The van der Waals surface area contributed by atoms with Gasteiger partial charge in [-0.25, -0.2) is 4.79 Å². The van der Waals surface area contributed by atoms with E-state index in [4.69, 9.17) is 13.9 Å². The Kier molecular flexibility index (Phi) is 10.1. The molecule has 4 atom stereocenters. The summed E-state index contributed by atoms with van der Waals surface area (Å²) >= 11 is 0. The lowest BCUT2D eigenvalue weighted by Crippen LogP contribution is -2.67. The van der Waals surface area contributed by atoms with Crippen molar-refractivity contribution in [2.24, 2.45) is 11.8 Å². The van der Waals surface area contributed by atoms with E-state index in [1.54, 1.807) is 0 Å². The van der Waals surface area contributed by atoms with Crippen LogP contribution in [0.3, 0.4) is 0 Å². The molecule has 0 N–H and O–H groups in total. The molecule has 0 unspecified atom stereocenters. The minimum absolute atomic E-state index is 0.0294. The lowest BCUT2D eigenvalue weighted by molar-refractivity contribution is -0.157. The third kappa shape index (κ3) is 6.47. The molecule has 1 aliphatic heterocycles. The number of hydrogen-bond acceptors (Lipinski definition) is 4. The second kappa shape index (κ2) is 13.2. The van der Waals surface area contributed by atoms with Gasteiger partial charge in [0.05, 0.1) is 18.3 Å². The minimum atomic E-state index is -2.57. The van der Waals surface area contributed by atoms with E-state index >= 15 is 0 Å². The first-order chi connectivity index (χ1) is 19.1. The van der Waals surface area contributed by atoms with E-state index in [2.05, 4.69) is 88.4 Å². The highest BCUT2D eigenvalue weighted by Gasteiger charge is 2.52. The molecule has 0 bridgehead atoms. The Labute approximate surface area is 243 Å². The van der Waals surface area contributed by atoms with E-state index in [0.29, 0.717) is 24.0 Å². The summed E-state index contributed by atoms with van der Waals surface area (Å²) in [4.78, 5) is 12.1. The van der Waals surface area contributed by atoms with Crippen LogP contribution < -0.4 is 10.4 Å². The van der Waals surface area contributed by atoms with Crippen molar-refractivity contribution in [3.05, 3.63) is 72.3 Å². The summed E-state index contributed by atoms with van der Waals surface area (Å²) in [6.45, 7) is 14.3. The highest BCUT2D eigenvalue weighted by molar-refractivity contribution is 6.99. The van der Waals surface area contributed by atoms with Crippen molar-refractivity contribution in [2.45, 2.75) is 103 Å². The zero-order valence-electron chi connectivity index (χ0n) is 25.6. The van der Waals surface area contributed by atoms with Crippen molar-refractivity contribution < 1.29 is 18.7 Å². The standard InChI is InChI=1S/C35H50O4Si/c1-7-37-33(36)27(2)22-23-29-16-14-24-35(39-29)25-15-21-32(35)28(3)26-38-40(34(4,5)6,30-17-10-8-11-18-30)31-19-12-9-13-20-31/h8-13,17-20,22,28-29,32H,7,14-16,21,23-26H2,1-6H3/b27-22+/t28-,29+,32+,35+/m0/s1. The number of benzene rings is 2. The Morgan fingerprint density at radius 2 is 1.60 bits per heavy atom. The molecule has 0 amide bonds. The smallest absolute Gasteiger partial charge is 0.333 e. The van der Waals surface area contributed by atoms with Crippen molar-refractivity contribution >= 4 is 24.7 Å². The summed E-state index contributed by atoms with van der Waals surface area (Å²) in [5, 5.41) is 2.64. The van der Waals surface area contributed by atoms with Crippen molar-refractivity contribution in [1.82, 2.24) is 0 Å². The molecular weight excluding hydrogens is 512 g/mol. The second-order valence-corrected chi connectivity index (χ2v) is 17.3. The van der Waals surface area contributed by atoms with Crippen LogP contribution >= 0.6 is 0 Å². The monoisotopic (exact) mass is 562 g/mol. The molecule has 2 aromatic carbocycles. The Bertz CT molecular complexity index is 1080. The summed E-state index contributed by atoms with van der Waals surface area (Å²) in [6.07, 6.45) is 9.81. The zero-order chi connectivity index (χ0) is 28.8. The first kappa shape index (κ1) is 30.7. The van der Waals surface area contributed by atoms with Crippen molar-refractivity contribution in [1.29, 1.82) is 0 Å². The van der Waals surface area contributed by atoms with Crippen molar-refractivity contribution in [3.8, 4) is 0 Å². The van der Waals surface area contributed by atoms with Gasteiger partial charge in [0.2, 0.25) is 0 Å². The number of rotatable bonds is 10. The molecule has 4 rings (SSSR count). The van der Waals surface area contributed by atoms with Gasteiger partial charge in [-0.1, -0.05) is 101 Å². The highest BCUT2D eigenvalue weighted by Crippen LogP contribution is 2.50. The molecule has 40 heavy (non-hydrogen) atoms. The van der Waals surface area contributed by atoms with E-state index in [1.807, 2.05) is 19.9 Å². The lowest BCUT2D eigenvalue weighted by Gasteiger charge is -2.47. The third-order valence-electron chi connectivity index (χ3n) is 9.27. The quantitative estimate of drug-likeness (QED) is 0.174. The molecule has 1 heterocycles. The Morgan fingerprint density at radius 3 is 2.15 bits per heavy atom. The van der Waals surface area contributed by atoms with Crippen LogP contribution in [-0.4, -0.2) is 39.2 Å². The molecule has 4 nitrogen and oxygen atoms in total. The van der Waals surface area contributed by atoms with Gasteiger partial charge in [0, 0.05) is 12.2 Å². The molecule has 1 spiro atoms. The molecule has 1 saturated carbocycles. The van der Waals surface area contributed by atoms with Gasteiger partial charge in [-0.3, -0.25) is 0 Å². The average Bonchev–Trinajstić information content (AvgIpc) is 3.34. The van der Waals surface area contributed by atoms with Crippen molar-refractivity contribution in [2.75, 3.05) is 13.2 Å². The Morgan fingerprint density at radius 1 is 1.02 bits per heavy atom. The van der Waals surface area contributed by atoms with E-state index in [-0.39, 0.29) is 22.7 Å². The number of esters is 1. The summed E-state index contributed by atoms with van der Waals surface area (Å²) < 4.78 is 19.5. The van der Waals surface area contributed by atoms with Crippen LogP contribution in [0.4, 0.5) is 0 Å². The van der Waals surface area contributed by atoms with Gasteiger partial charge >= 0.3 is 5.97 Å². The molecule has 5 heteroatoms. The van der Waals surface area contributed by atoms with E-state index in [9.17, 15) is 4.79 Å². The lowest BCUT2D eigenvalue weighted by atomic mass is 9.76. The molecule has 2 aliphatic rings. The fourth-order valence-electron chi connectivity index (χ4n) is 7.34. The predicted octanol–water partition coefficient (Wildman–Crippen LogP) is 7.21. The molecule has 2 fully saturated rings. The molecule has 218 valence electrons. The van der Waals surface area contributed by atoms with Crippen LogP contribution in [0.1, 0.15) is 86.5 Å². The second-order valence-electron chi connectivity index (χ2n) is 13.0. The van der Waals surface area contributed by atoms with Gasteiger partial charge in [0.15, 0.2) is 0 Å². The van der Waals surface area contributed by atoms with Crippen LogP contribution in [-0.2, 0) is 18.7 Å². The molecule has 2 aromatic rings. The largest absolute Gasteiger partial charge is 0.463 e. The van der Waals surface area contributed by atoms with Gasteiger partial charge in [0.1, 0.15) is 0 Å². The summed E-state index contributed by atoms with van der Waals surface area (Å²) in [5.41, 5.74) is 0.600. The average molecular weight is 563 g/mol. The fraction of sp³-hybridized carbons (Fsp3) is 0.571. The van der Waals surface area contributed by atoms with Crippen LogP contribution in [0.25, 0.3) is 0 Å². The molecule has 1 aliphatic carbocycles. The normalized spacial score (nSPS) is 24.7. The van der Waals surface area contributed by atoms with E-state index in [0.717, 1.165) is 32.3 Å². The number of carbonyl (C=O) groups excluding carboxylic acids is 1. The zero-order valence-corrected chi connectivity index (χ0v) is 26.6. The molecule has 0 aromatic heterocycles. The molecular formula is C35H50O4Si. The molecule has 0 radical (unpaired) electrons. The van der Waals surface area contributed by atoms with Crippen LogP contribution in [0, 0.1) is 11.8 Å². The summed E-state index contributed by atoms with van der Waals surface area (Å²) in [7, 11) is -2.57. The maximum Gasteiger partial charge on any atom is 0.333 e. The first-order valence-corrected chi connectivity index (χ1v) is 17.3. The Hall–Kier alpha value is -2.21. The van der Waals surface area contributed by atoms with Gasteiger partial charge in [-0.2, -0.15) is 0 Å². The van der Waals surface area contributed by atoms with Gasteiger partial charge in [-0.15, -0.1) is 0 Å². The van der Waals surface area contributed by atoms with E-state index in [1.165, 1.54) is 29.6 Å². The van der Waals surface area contributed by atoms with E-state index < -0.39 is 8.32 Å². The third-order valence-corrected chi connectivity index (χ3v) is 14.3. The fourth-order valence-corrected chi connectivity index (χ4v) is 12.0. The van der Waals surface area contributed by atoms with Gasteiger partial charge < -0.3 is 13.9 Å². The number of ether oxygens (including phenoxy) is 2. The first-order valence-electron chi connectivity index (χ1n) is 15.4. The SMILES string of the molecule is CCOC(=O)/C(C)=C/C[C@H]1CCC[C@]2(CCC[C@@H]2[C@@H](C)CO[Si](c2ccccc2)(c2ccccc2)C(C)(C)C)O1. The summed E-state index contributed by atoms with van der Waals surface area (Å²) in [6, 6.07) is 21.9. The Balaban J connectivity index is 1.54.